The standard InChI is InChI=1S/C90H153NO18/c1-3-5-7-9-11-13-15-17-19-21-23-25-27-29-31-33-34-35-36-37-38-40-42-44-46-48-50-52-54-56-58-60-62-64-66-68-78(96)91-73(74(95)67-65-63-61-59-57-55-53-51-49-47-45-43-41-39-32-30-28-26-24-22-20-18-16-14-12-10-8-6-4-2)72-104-88-84(102)81(99)86(76(70-93)106-88)109-90-85(103)82(100)87(77(71-94)107-90)108-89-83(101)80(98)79(97)75(69-92)105-89/h5,7,11,13,17,19,23,25,29,31,34-35,37-38,42,44,48,50,54,56,65,67,73-77,79-90,92-95,97-103H,3-4,6,8-10,12,14-16,18,20-22,24,26-28,30,32-33,36,39-41,43,45-47,49,51-53,55,57-64,66,68-72H2,1-2H3,(H,91,96)/b7-5-,13-11-,19-17-,25-23-,31-29-,35-34-,38-37-,44-42-,50-48-,56-54-,67-65+. The van der Waals surface area contributed by atoms with Crippen LogP contribution in [0.1, 0.15) is 296 Å². The van der Waals surface area contributed by atoms with Gasteiger partial charge in [-0.1, -0.05) is 327 Å². The average Bonchev–Trinajstić information content (AvgIpc) is 0.749. The van der Waals surface area contributed by atoms with Crippen molar-refractivity contribution in [2.45, 2.75) is 401 Å². The molecule has 0 aromatic rings. The summed E-state index contributed by atoms with van der Waals surface area (Å²) < 4.78 is 34.5. The predicted octanol–water partition coefficient (Wildman–Crippen LogP) is 15.6. The van der Waals surface area contributed by atoms with Crippen LogP contribution in [0.15, 0.2) is 134 Å². The number of nitrogens with one attached hydrogen (secondary N) is 1. The third-order valence-corrected chi connectivity index (χ3v) is 20.5. The minimum Gasteiger partial charge on any atom is -0.394 e. The SMILES string of the molecule is CC/C=C\C/C=C\C/C=C\C/C=C\C/C=C\C/C=C\C/C=C\C/C=C\C/C=C\C/C=C\CCCCCCC(=O)NC(COC1OC(CO)C(OC2OC(CO)C(OC3OC(CO)C(O)C(O)C3O)C(O)C2O)C(O)C1O)C(O)/C=C/CCCCCCCCCCCCCCCCCCCCCCCCCCCCC. The van der Waals surface area contributed by atoms with Gasteiger partial charge in [0.25, 0.3) is 0 Å². The smallest absolute Gasteiger partial charge is 0.220 e. The van der Waals surface area contributed by atoms with Gasteiger partial charge in [0.15, 0.2) is 18.9 Å². The summed E-state index contributed by atoms with van der Waals surface area (Å²) in [5.41, 5.74) is 0. The second kappa shape index (κ2) is 68.3. The minimum atomic E-state index is -1.99. The van der Waals surface area contributed by atoms with Gasteiger partial charge in [0.2, 0.25) is 5.91 Å². The van der Waals surface area contributed by atoms with Crippen LogP contribution in [0.4, 0.5) is 0 Å². The number of carbonyl (C=O) groups excluding carboxylic acids is 1. The normalized spacial score (nSPS) is 26.0. The number of aliphatic hydroxyl groups is 11. The zero-order valence-corrected chi connectivity index (χ0v) is 67.2. The molecule has 0 aliphatic carbocycles. The van der Waals surface area contributed by atoms with Crippen molar-refractivity contribution in [3.8, 4) is 0 Å². The fourth-order valence-electron chi connectivity index (χ4n) is 13.6. The molecule has 0 spiro atoms. The Morgan fingerprint density at radius 3 is 0.991 bits per heavy atom. The van der Waals surface area contributed by atoms with Gasteiger partial charge in [-0.05, 0) is 96.3 Å². The second-order valence-corrected chi connectivity index (χ2v) is 29.9. The van der Waals surface area contributed by atoms with E-state index in [1.807, 2.05) is 6.08 Å². The van der Waals surface area contributed by atoms with Crippen LogP contribution in [0.25, 0.3) is 0 Å². The molecular formula is C90H153NO18. The maximum absolute atomic E-state index is 13.5. The molecule has 19 heteroatoms. The Kier molecular flexibility index (Phi) is 62.2. The highest BCUT2D eigenvalue weighted by Crippen LogP contribution is 2.33. The molecule has 3 heterocycles. The lowest BCUT2D eigenvalue weighted by molar-refractivity contribution is -0.379. The van der Waals surface area contributed by atoms with Gasteiger partial charge in [0.1, 0.15) is 73.2 Å². The molecule has 0 aromatic heterocycles. The van der Waals surface area contributed by atoms with Gasteiger partial charge in [-0.2, -0.15) is 0 Å². The van der Waals surface area contributed by atoms with Crippen LogP contribution in [0.5, 0.6) is 0 Å². The van der Waals surface area contributed by atoms with Crippen molar-refractivity contribution < 1.29 is 89.4 Å². The number of unbranched alkanes of at least 4 members (excludes halogenated alkanes) is 31. The highest BCUT2D eigenvalue weighted by atomic mass is 16.8. The third kappa shape index (κ3) is 47.4. The molecule has 3 aliphatic rings. The molecule has 3 aliphatic heterocycles. The first kappa shape index (κ1) is 99.1. The quantitative estimate of drug-likeness (QED) is 0.0199. The summed E-state index contributed by atoms with van der Waals surface area (Å²) in [5.74, 6) is -0.302. The molecule has 3 fully saturated rings. The zero-order chi connectivity index (χ0) is 78.8. The highest BCUT2D eigenvalue weighted by Gasteiger charge is 2.54. The summed E-state index contributed by atoms with van der Waals surface area (Å²) in [6.07, 6.45) is 71.5. The van der Waals surface area contributed by atoms with E-state index in [-0.39, 0.29) is 18.9 Å². The fourth-order valence-corrected chi connectivity index (χ4v) is 13.6. The molecule has 3 rings (SSSR count). The van der Waals surface area contributed by atoms with Crippen LogP contribution < -0.4 is 5.32 Å². The number of rotatable bonds is 67. The monoisotopic (exact) mass is 1540 g/mol. The van der Waals surface area contributed by atoms with E-state index in [0.29, 0.717) is 6.42 Å². The van der Waals surface area contributed by atoms with Gasteiger partial charge >= 0.3 is 0 Å². The molecule has 0 radical (unpaired) electrons. The Bertz CT molecular complexity index is 2490. The summed E-state index contributed by atoms with van der Waals surface area (Å²) in [4.78, 5) is 13.5. The number of hydrogen-bond acceptors (Lipinski definition) is 18. The molecule has 17 atom stereocenters. The van der Waals surface area contributed by atoms with E-state index in [1.165, 1.54) is 154 Å². The number of amides is 1. The summed E-state index contributed by atoms with van der Waals surface area (Å²) in [6, 6.07) is -1.000. The van der Waals surface area contributed by atoms with Crippen molar-refractivity contribution in [1.82, 2.24) is 5.32 Å². The van der Waals surface area contributed by atoms with Gasteiger partial charge in [-0.3, -0.25) is 4.79 Å². The average molecular weight is 1540 g/mol. The summed E-state index contributed by atoms with van der Waals surface area (Å²) >= 11 is 0. The molecule has 12 N–H and O–H groups in total. The lowest BCUT2D eigenvalue weighted by Gasteiger charge is -2.48. The summed E-state index contributed by atoms with van der Waals surface area (Å²) in [7, 11) is 0. The molecule has 626 valence electrons. The first-order chi connectivity index (χ1) is 53.3. The van der Waals surface area contributed by atoms with Crippen molar-refractivity contribution in [3.05, 3.63) is 134 Å². The van der Waals surface area contributed by atoms with E-state index in [4.69, 9.17) is 28.4 Å². The van der Waals surface area contributed by atoms with Gasteiger partial charge in [0, 0.05) is 6.42 Å². The maximum Gasteiger partial charge on any atom is 0.220 e. The van der Waals surface area contributed by atoms with Crippen LogP contribution >= 0.6 is 0 Å². The Labute approximate surface area is 658 Å². The second-order valence-electron chi connectivity index (χ2n) is 29.9. The number of allylic oxidation sites excluding steroid dienone is 21. The molecule has 0 saturated carbocycles. The van der Waals surface area contributed by atoms with Crippen molar-refractivity contribution in [3.63, 3.8) is 0 Å². The minimum absolute atomic E-state index is 0.205. The Hall–Kier alpha value is -4.07. The van der Waals surface area contributed by atoms with Crippen LogP contribution in [-0.2, 0) is 33.2 Å². The van der Waals surface area contributed by atoms with Gasteiger partial charge < -0.3 is 89.9 Å². The largest absolute Gasteiger partial charge is 0.394 e. The third-order valence-electron chi connectivity index (χ3n) is 20.5. The van der Waals surface area contributed by atoms with Gasteiger partial charge in [0.05, 0.1) is 38.6 Å². The number of carbonyl (C=O) groups is 1. The number of hydrogen-bond donors (Lipinski definition) is 12. The maximum atomic E-state index is 13.5. The molecule has 1 amide bonds. The molecular weight excluding hydrogens is 1380 g/mol. The van der Waals surface area contributed by atoms with E-state index in [0.717, 1.165) is 116 Å². The summed E-state index contributed by atoms with van der Waals surface area (Å²) in [6.45, 7) is 1.62. The van der Waals surface area contributed by atoms with Gasteiger partial charge in [-0.25, -0.2) is 0 Å². The lowest BCUT2D eigenvalue weighted by atomic mass is 9.96. The molecule has 17 unspecified atom stereocenters. The van der Waals surface area contributed by atoms with E-state index in [2.05, 4.69) is 141 Å². The van der Waals surface area contributed by atoms with E-state index >= 15 is 0 Å². The topological polar surface area (TPSA) is 307 Å². The van der Waals surface area contributed by atoms with E-state index in [1.54, 1.807) is 6.08 Å². The molecule has 0 aromatic carbocycles. The van der Waals surface area contributed by atoms with Gasteiger partial charge in [-0.15, -0.1) is 0 Å². The van der Waals surface area contributed by atoms with Crippen molar-refractivity contribution >= 4 is 5.91 Å². The van der Waals surface area contributed by atoms with Crippen molar-refractivity contribution in [1.29, 1.82) is 0 Å². The summed E-state index contributed by atoms with van der Waals surface area (Å²) in [5, 5.41) is 121. The number of ether oxygens (including phenoxy) is 6. The molecule has 109 heavy (non-hydrogen) atoms. The lowest BCUT2D eigenvalue weighted by Crippen LogP contribution is -2.66. The van der Waals surface area contributed by atoms with E-state index < -0.39 is 124 Å². The van der Waals surface area contributed by atoms with Crippen LogP contribution in [0, 0.1) is 0 Å². The van der Waals surface area contributed by atoms with Crippen LogP contribution in [-0.4, -0.2) is 193 Å². The van der Waals surface area contributed by atoms with Crippen LogP contribution in [0.2, 0.25) is 0 Å². The number of aliphatic hydroxyl groups excluding tert-OH is 11. The zero-order valence-electron chi connectivity index (χ0n) is 67.2. The Balaban J connectivity index is 1.38. The van der Waals surface area contributed by atoms with Crippen molar-refractivity contribution in [2.24, 2.45) is 0 Å². The van der Waals surface area contributed by atoms with E-state index in [9.17, 15) is 61.0 Å². The molecule has 3 saturated heterocycles. The first-order valence-corrected chi connectivity index (χ1v) is 42.9. The first-order valence-electron chi connectivity index (χ1n) is 42.9. The fraction of sp³-hybridized carbons (Fsp3) is 0.744. The Morgan fingerprint density at radius 1 is 0.339 bits per heavy atom. The molecule has 0 bridgehead atoms. The van der Waals surface area contributed by atoms with Crippen molar-refractivity contribution in [2.75, 3.05) is 26.4 Å². The highest BCUT2D eigenvalue weighted by molar-refractivity contribution is 5.76. The van der Waals surface area contributed by atoms with Crippen LogP contribution in [0.3, 0.4) is 0 Å². The molecule has 19 nitrogen and oxygen atoms in total. The Morgan fingerprint density at radius 2 is 0.633 bits per heavy atom. The predicted molar refractivity (Wildman–Crippen MR) is 438 cm³/mol.